The molecule has 0 aromatic rings. The largest absolute Gasteiger partial charge is 0.383 e. The number of hydrogen-bond acceptors (Lipinski definition) is 1. The van der Waals surface area contributed by atoms with Crippen molar-refractivity contribution in [3.05, 3.63) is 59.8 Å². The molecule has 1 aliphatic rings. The van der Waals surface area contributed by atoms with Crippen molar-refractivity contribution in [2.24, 2.45) is 27.6 Å². The van der Waals surface area contributed by atoms with E-state index >= 15 is 0 Å². The molecule has 0 aromatic carbocycles. The van der Waals surface area contributed by atoms with Gasteiger partial charge in [-0.05, 0) is 89.2 Å². The minimum atomic E-state index is -0.364. The van der Waals surface area contributed by atoms with Gasteiger partial charge in [-0.25, -0.2) is 4.99 Å². The van der Waals surface area contributed by atoms with Gasteiger partial charge in [-0.1, -0.05) is 57.2 Å². The summed E-state index contributed by atoms with van der Waals surface area (Å²) in [4.78, 5) is 9.89. The van der Waals surface area contributed by atoms with Gasteiger partial charge in [0.25, 0.3) is 0 Å². The lowest BCUT2D eigenvalue weighted by molar-refractivity contribution is 0.520. The highest BCUT2D eigenvalue weighted by molar-refractivity contribution is 6.11. The first-order valence-electron chi connectivity index (χ1n) is 11.8. The van der Waals surface area contributed by atoms with Crippen molar-refractivity contribution in [1.29, 1.82) is 0 Å². The molecular weight excluding hydrogens is 378 g/mol. The summed E-state index contributed by atoms with van der Waals surface area (Å²) in [6, 6.07) is 0. The number of amidine groups is 2. The SMILES string of the molecule is C=CCCC(C)/C(C)=C/C(=C)C(/N=C(\N)C1=CC[C@H](C)CC1)=N/C(C)(C)/C(=C/C)CC. The monoisotopic (exact) mass is 423 g/mol. The molecule has 0 amide bonds. The second-order valence-corrected chi connectivity index (χ2v) is 9.45. The molecular formula is C28H45N3. The number of nitrogens with zero attached hydrogens (tertiary/aromatic N) is 2. The van der Waals surface area contributed by atoms with Crippen molar-refractivity contribution < 1.29 is 0 Å². The lowest BCUT2D eigenvalue weighted by Crippen LogP contribution is -2.25. The molecule has 0 fully saturated rings. The van der Waals surface area contributed by atoms with Crippen molar-refractivity contribution in [1.82, 2.24) is 0 Å². The van der Waals surface area contributed by atoms with E-state index in [1.807, 2.05) is 6.08 Å². The molecule has 0 heterocycles. The highest BCUT2D eigenvalue weighted by Crippen LogP contribution is 2.27. The van der Waals surface area contributed by atoms with E-state index in [9.17, 15) is 0 Å². The van der Waals surface area contributed by atoms with Gasteiger partial charge in [-0.15, -0.1) is 6.58 Å². The minimum absolute atomic E-state index is 0.364. The van der Waals surface area contributed by atoms with Crippen molar-refractivity contribution in [3.63, 3.8) is 0 Å². The van der Waals surface area contributed by atoms with Crippen LogP contribution in [0.2, 0.25) is 0 Å². The third kappa shape index (κ3) is 8.47. The van der Waals surface area contributed by atoms with Crippen LogP contribution in [0, 0.1) is 11.8 Å². The number of allylic oxidation sites excluding steroid dienone is 4. The third-order valence-corrected chi connectivity index (χ3v) is 6.40. The lowest BCUT2D eigenvalue weighted by atomic mass is 9.90. The van der Waals surface area contributed by atoms with Gasteiger partial charge < -0.3 is 5.73 Å². The van der Waals surface area contributed by atoms with E-state index in [0.29, 0.717) is 23.5 Å². The number of hydrogen-bond donors (Lipinski definition) is 1. The summed E-state index contributed by atoms with van der Waals surface area (Å²) in [5.74, 6) is 2.37. The van der Waals surface area contributed by atoms with Crippen LogP contribution in [0.1, 0.15) is 87.0 Å². The first kappa shape index (κ1) is 26.9. The zero-order valence-corrected chi connectivity index (χ0v) is 21.1. The van der Waals surface area contributed by atoms with Crippen LogP contribution in [0.4, 0.5) is 0 Å². The normalized spacial score (nSPS) is 20.4. The molecule has 0 aliphatic heterocycles. The van der Waals surface area contributed by atoms with Crippen LogP contribution < -0.4 is 5.73 Å². The van der Waals surface area contributed by atoms with E-state index in [4.69, 9.17) is 15.7 Å². The van der Waals surface area contributed by atoms with E-state index in [0.717, 1.165) is 49.7 Å². The molecule has 0 saturated heterocycles. The van der Waals surface area contributed by atoms with Gasteiger partial charge in [-0.3, -0.25) is 4.99 Å². The molecule has 1 rings (SSSR count). The number of rotatable bonds is 10. The molecule has 0 spiro atoms. The summed E-state index contributed by atoms with van der Waals surface area (Å²) in [7, 11) is 0. The molecule has 31 heavy (non-hydrogen) atoms. The highest BCUT2D eigenvalue weighted by Gasteiger charge is 2.22. The van der Waals surface area contributed by atoms with Crippen molar-refractivity contribution in [2.45, 2.75) is 92.5 Å². The van der Waals surface area contributed by atoms with Crippen LogP contribution in [-0.2, 0) is 0 Å². The average molecular weight is 424 g/mol. The van der Waals surface area contributed by atoms with E-state index in [2.05, 4.69) is 79.9 Å². The second kappa shape index (κ2) is 12.6. The summed E-state index contributed by atoms with van der Waals surface area (Å²) in [6.07, 6.45) is 14.7. The zero-order chi connectivity index (χ0) is 23.6. The molecule has 1 aliphatic carbocycles. The maximum absolute atomic E-state index is 6.46. The predicted molar refractivity (Wildman–Crippen MR) is 140 cm³/mol. The Morgan fingerprint density at radius 1 is 1.39 bits per heavy atom. The maximum atomic E-state index is 6.46. The van der Waals surface area contributed by atoms with Crippen LogP contribution in [0.25, 0.3) is 0 Å². The molecule has 2 atom stereocenters. The average Bonchev–Trinajstić information content (AvgIpc) is 2.72. The Balaban J connectivity index is 3.36. The van der Waals surface area contributed by atoms with Gasteiger partial charge in [0.2, 0.25) is 0 Å². The fourth-order valence-electron chi connectivity index (χ4n) is 3.96. The Morgan fingerprint density at radius 2 is 2.06 bits per heavy atom. The minimum Gasteiger partial charge on any atom is -0.383 e. The molecule has 0 radical (unpaired) electrons. The fourth-order valence-corrected chi connectivity index (χ4v) is 3.96. The molecule has 0 saturated carbocycles. The van der Waals surface area contributed by atoms with Crippen molar-refractivity contribution >= 4 is 11.7 Å². The molecule has 0 bridgehead atoms. The molecule has 2 N–H and O–H groups in total. The Kier molecular flexibility index (Phi) is 11.0. The Hall–Kier alpha value is -2.16. The zero-order valence-electron chi connectivity index (χ0n) is 21.1. The smallest absolute Gasteiger partial charge is 0.157 e. The molecule has 3 heteroatoms. The van der Waals surface area contributed by atoms with Gasteiger partial charge >= 0.3 is 0 Å². The quantitative estimate of drug-likeness (QED) is 0.166. The molecule has 0 aromatic heterocycles. The van der Waals surface area contributed by atoms with Gasteiger partial charge in [-0.2, -0.15) is 0 Å². The number of nitrogens with two attached hydrogens (primary N) is 1. The first-order chi connectivity index (χ1) is 14.5. The van der Waals surface area contributed by atoms with Crippen molar-refractivity contribution in [2.75, 3.05) is 0 Å². The van der Waals surface area contributed by atoms with E-state index in [1.54, 1.807) is 0 Å². The van der Waals surface area contributed by atoms with Crippen LogP contribution >= 0.6 is 0 Å². The van der Waals surface area contributed by atoms with Crippen LogP contribution in [0.15, 0.2) is 69.7 Å². The van der Waals surface area contributed by atoms with E-state index < -0.39 is 0 Å². The summed E-state index contributed by atoms with van der Waals surface area (Å²) in [6.45, 7) is 23.4. The number of aliphatic imine (C=N–C) groups is 2. The van der Waals surface area contributed by atoms with Gasteiger partial charge in [0.1, 0.15) is 5.84 Å². The Bertz CT molecular complexity index is 787. The summed E-state index contributed by atoms with van der Waals surface area (Å²) < 4.78 is 0. The van der Waals surface area contributed by atoms with Crippen LogP contribution in [0.5, 0.6) is 0 Å². The third-order valence-electron chi connectivity index (χ3n) is 6.40. The predicted octanol–water partition coefficient (Wildman–Crippen LogP) is 7.73. The molecule has 172 valence electrons. The highest BCUT2D eigenvalue weighted by atomic mass is 15.0. The van der Waals surface area contributed by atoms with Gasteiger partial charge in [0.15, 0.2) is 5.84 Å². The molecule has 1 unspecified atom stereocenters. The van der Waals surface area contributed by atoms with E-state index in [1.165, 1.54) is 11.1 Å². The summed E-state index contributed by atoms with van der Waals surface area (Å²) in [5.41, 5.74) is 10.6. The summed E-state index contributed by atoms with van der Waals surface area (Å²) >= 11 is 0. The maximum Gasteiger partial charge on any atom is 0.157 e. The van der Waals surface area contributed by atoms with Gasteiger partial charge in [0.05, 0.1) is 5.54 Å². The second-order valence-electron chi connectivity index (χ2n) is 9.45. The standard InChI is InChI=1S/C28H45N3/c1-10-13-14-21(5)22(6)19-23(7)27(31-28(8,9)25(11-2)12-3)30-26(29)24-17-15-20(4)16-18-24/h10-11,17,19-21H,1,7,12-16,18H2,2-6,8-9H3,(H2,29,30,31)/b22-19+,25-11+/t20-,21?/m0/s1. The summed E-state index contributed by atoms with van der Waals surface area (Å²) in [5, 5.41) is 0. The van der Waals surface area contributed by atoms with Crippen LogP contribution in [-0.4, -0.2) is 17.2 Å². The van der Waals surface area contributed by atoms with E-state index in [-0.39, 0.29) is 5.54 Å². The van der Waals surface area contributed by atoms with Crippen LogP contribution in [0.3, 0.4) is 0 Å². The van der Waals surface area contributed by atoms with Gasteiger partial charge in [0, 0.05) is 5.57 Å². The first-order valence-corrected chi connectivity index (χ1v) is 11.8. The Morgan fingerprint density at radius 3 is 2.58 bits per heavy atom. The van der Waals surface area contributed by atoms with Crippen molar-refractivity contribution in [3.8, 4) is 0 Å². The lowest BCUT2D eigenvalue weighted by Gasteiger charge is -2.24. The Labute approximate surface area is 191 Å². The fraction of sp³-hybridized carbons (Fsp3) is 0.571. The molecule has 3 nitrogen and oxygen atoms in total. The topological polar surface area (TPSA) is 50.7 Å².